The number of anilines is 3. The fraction of sp³-hybridized carbons (Fsp3) is 0.400. The largest absolute Gasteiger partial charge is 0.495 e. The van der Waals surface area contributed by atoms with Gasteiger partial charge in [0.05, 0.1) is 19.0 Å². The van der Waals surface area contributed by atoms with E-state index in [0.29, 0.717) is 40.4 Å². The van der Waals surface area contributed by atoms with E-state index in [1.165, 1.54) is 6.20 Å². The lowest BCUT2D eigenvalue weighted by atomic mass is 10.1. The zero-order valence-electron chi connectivity index (χ0n) is 15.7. The lowest BCUT2D eigenvalue weighted by Gasteiger charge is -2.17. The van der Waals surface area contributed by atoms with Crippen LogP contribution >= 0.6 is 0 Å². The monoisotopic (exact) mass is 378 g/mol. The topological polar surface area (TPSA) is 103 Å². The molecular formula is C20H22N6O2. The molecule has 8 heteroatoms. The van der Waals surface area contributed by atoms with Crippen LogP contribution in [0.3, 0.4) is 0 Å². The molecule has 1 amide bonds. The summed E-state index contributed by atoms with van der Waals surface area (Å²) in [6.45, 7) is 1.61. The van der Waals surface area contributed by atoms with E-state index in [4.69, 9.17) is 4.74 Å². The minimum atomic E-state index is 0.0212. The second-order valence-corrected chi connectivity index (χ2v) is 7.03. The van der Waals surface area contributed by atoms with Gasteiger partial charge in [-0.15, -0.1) is 0 Å². The summed E-state index contributed by atoms with van der Waals surface area (Å²) in [6.07, 6.45) is 5.76. The van der Waals surface area contributed by atoms with E-state index < -0.39 is 0 Å². The minimum absolute atomic E-state index is 0.0212. The minimum Gasteiger partial charge on any atom is -0.495 e. The second kappa shape index (κ2) is 7.72. The highest BCUT2D eigenvalue weighted by molar-refractivity contribution is 5.95. The third-order valence-electron chi connectivity index (χ3n) is 4.92. The number of hydrogen-bond acceptors (Lipinski definition) is 7. The molecule has 1 aromatic heterocycles. The van der Waals surface area contributed by atoms with Crippen molar-refractivity contribution in [2.45, 2.75) is 31.7 Å². The zero-order valence-corrected chi connectivity index (χ0v) is 15.7. The Morgan fingerprint density at radius 2 is 2.11 bits per heavy atom. The van der Waals surface area contributed by atoms with Gasteiger partial charge in [0.15, 0.2) is 0 Å². The van der Waals surface area contributed by atoms with Gasteiger partial charge in [0.2, 0.25) is 5.95 Å². The number of hydrogen-bond donors (Lipinski definition) is 2. The van der Waals surface area contributed by atoms with Crippen LogP contribution in [0.2, 0.25) is 0 Å². The van der Waals surface area contributed by atoms with Crippen LogP contribution in [0.15, 0.2) is 24.4 Å². The molecule has 28 heavy (non-hydrogen) atoms. The van der Waals surface area contributed by atoms with Crippen molar-refractivity contribution in [2.75, 3.05) is 30.8 Å². The lowest BCUT2D eigenvalue weighted by Crippen LogP contribution is -2.27. The molecule has 0 bridgehead atoms. The van der Waals surface area contributed by atoms with Crippen molar-refractivity contribution in [3.63, 3.8) is 0 Å². The Labute approximate surface area is 163 Å². The Morgan fingerprint density at radius 3 is 2.79 bits per heavy atom. The number of carbonyl (C=O) groups excluding carboxylic acids is 1. The fourth-order valence-electron chi connectivity index (χ4n) is 3.21. The van der Waals surface area contributed by atoms with Gasteiger partial charge in [0, 0.05) is 24.7 Å². The molecule has 8 nitrogen and oxygen atoms in total. The number of benzene rings is 1. The third-order valence-corrected chi connectivity index (χ3v) is 4.92. The molecule has 0 radical (unpaired) electrons. The van der Waals surface area contributed by atoms with Crippen molar-refractivity contribution >= 4 is 23.4 Å². The van der Waals surface area contributed by atoms with E-state index in [1.54, 1.807) is 25.3 Å². The maximum atomic E-state index is 12.6. The van der Waals surface area contributed by atoms with E-state index in [-0.39, 0.29) is 5.91 Å². The van der Waals surface area contributed by atoms with Crippen LogP contribution in [0.5, 0.6) is 5.75 Å². The Balaban J connectivity index is 1.55. The van der Waals surface area contributed by atoms with Crippen LogP contribution in [-0.2, 0) is 0 Å². The molecule has 0 spiro atoms. The first kappa shape index (κ1) is 18.0. The first-order valence-electron chi connectivity index (χ1n) is 9.46. The van der Waals surface area contributed by atoms with Gasteiger partial charge in [0.1, 0.15) is 23.2 Å². The maximum absolute atomic E-state index is 12.6. The van der Waals surface area contributed by atoms with E-state index >= 15 is 0 Å². The Morgan fingerprint density at radius 1 is 1.32 bits per heavy atom. The average molecular weight is 378 g/mol. The molecule has 1 aliphatic carbocycles. The zero-order chi connectivity index (χ0) is 19.5. The molecule has 1 saturated heterocycles. The van der Waals surface area contributed by atoms with Crippen molar-refractivity contribution in [2.24, 2.45) is 0 Å². The van der Waals surface area contributed by atoms with Crippen molar-refractivity contribution in [1.29, 1.82) is 5.26 Å². The number of nitriles is 1. The van der Waals surface area contributed by atoms with Crippen LogP contribution in [0.25, 0.3) is 0 Å². The molecule has 4 rings (SSSR count). The van der Waals surface area contributed by atoms with Gasteiger partial charge in [-0.05, 0) is 43.9 Å². The lowest BCUT2D eigenvalue weighted by molar-refractivity contribution is 0.0792. The number of carbonyl (C=O) groups is 1. The number of rotatable bonds is 6. The van der Waals surface area contributed by atoms with Crippen molar-refractivity contribution < 1.29 is 9.53 Å². The summed E-state index contributed by atoms with van der Waals surface area (Å²) >= 11 is 0. The average Bonchev–Trinajstić information content (AvgIpc) is 3.36. The van der Waals surface area contributed by atoms with E-state index in [2.05, 4.69) is 26.7 Å². The first-order chi connectivity index (χ1) is 13.7. The normalized spacial score (nSPS) is 15.8. The van der Waals surface area contributed by atoms with Gasteiger partial charge in [-0.3, -0.25) is 4.79 Å². The van der Waals surface area contributed by atoms with Crippen LogP contribution < -0.4 is 15.4 Å². The molecule has 2 aromatic rings. The highest BCUT2D eigenvalue weighted by Gasteiger charge is 2.23. The number of aromatic nitrogens is 2. The van der Waals surface area contributed by atoms with Gasteiger partial charge in [-0.1, -0.05) is 0 Å². The van der Waals surface area contributed by atoms with Gasteiger partial charge in [-0.25, -0.2) is 4.98 Å². The number of ether oxygens (including phenoxy) is 1. The van der Waals surface area contributed by atoms with E-state index in [9.17, 15) is 10.1 Å². The van der Waals surface area contributed by atoms with Crippen LogP contribution in [-0.4, -0.2) is 47.0 Å². The Hall–Kier alpha value is -3.34. The number of likely N-dealkylation sites (tertiary alicyclic amines) is 1. The maximum Gasteiger partial charge on any atom is 0.253 e. The number of methoxy groups -OCH3 is 1. The molecule has 2 fully saturated rings. The molecular weight excluding hydrogens is 356 g/mol. The van der Waals surface area contributed by atoms with Gasteiger partial charge in [0.25, 0.3) is 5.91 Å². The highest BCUT2D eigenvalue weighted by Crippen LogP contribution is 2.30. The summed E-state index contributed by atoms with van der Waals surface area (Å²) in [5, 5.41) is 15.6. The summed E-state index contributed by atoms with van der Waals surface area (Å²) in [6, 6.07) is 7.78. The number of nitrogens with one attached hydrogen (secondary N) is 2. The van der Waals surface area contributed by atoms with Crippen LogP contribution in [0, 0.1) is 11.3 Å². The molecule has 2 aliphatic rings. The fourth-order valence-corrected chi connectivity index (χ4v) is 3.21. The van der Waals surface area contributed by atoms with Crippen LogP contribution in [0.4, 0.5) is 17.5 Å². The predicted octanol–water partition coefficient (Wildman–Crippen LogP) is 2.91. The number of amides is 1. The number of nitrogens with zero attached hydrogens (tertiary/aromatic N) is 4. The van der Waals surface area contributed by atoms with Gasteiger partial charge < -0.3 is 20.3 Å². The highest BCUT2D eigenvalue weighted by atomic mass is 16.5. The quantitative estimate of drug-likeness (QED) is 0.796. The molecule has 0 atom stereocenters. The Kier molecular flexibility index (Phi) is 4.98. The molecule has 2 N–H and O–H groups in total. The standard InChI is InChI=1S/C20H22N6O2/c1-28-17-10-13(19(27)26-8-2-3-9-26)4-7-16(17)24-20-22-12-14(11-21)18(25-20)23-15-5-6-15/h4,7,10,12,15H,2-3,5-6,8-9H2,1H3,(H2,22,23,24,25). The second-order valence-electron chi connectivity index (χ2n) is 7.03. The SMILES string of the molecule is COc1cc(C(=O)N2CCCC2)ccc1Nc1ncc(C#N)c(NC2CC2)n1. The summed E-state index contributed by atoms with van der Waals surface area (Å²) in [5.74, 6) is 1.45. The predicted molar refractivity (Wildman–Crippen MR) is 105 cm³/mol. The summed E-state index contributed by atoms with van der Waals surface area (Å²) in [7, 11) is 1.56. The molecule has 144 valence electrons. The van der Waals surface area contributed by atoms with Gasteiger partial charge in [-0.2, -0.15) is 10.2 Å². The Bertz CT molecular complexity index is 929. The van der Waals surface area contributed by atoms with Crippen molar-refractivity contribution in [3.8, 4) is 11.8 Å². The van der Waals surface area contributed by atoms with Crippen molar-refractivity contribution in [3.05, 3.63) is 35.5 Å². The summed E-state index contributed by atoms with van der Waals surface area (Å²) in [4.78, 5) is 23.1. The third kappa shape index (κ3) is 3.83. The first-order valence-corrected chi connectivity index (χ1v) is 9.46. The molecule has 1 aromatic carbocycles. The molecule has 2 heterocycles. The molecule has 1 aliphatic heterocycles. The van der Waals surface area contributed by atoms with Crippen molar-refractivity contribution in [1.82, 2.24) is 14.9 Å². The van der Waals surface area contributed by atoms with Crippen LogP contribution in [0.1, 0.15) is 41.6 Å². The smallest absolute Gasteiger partial charge is 0.253 e. The summed E-state index contributed by atoms with van der Waals surface area (Å²) in [5.41, 5.74) is 1.67. The van der Waals surface area contributed by atoms with E-state index in [0.717, 1.165) is 38.8 Å². The summed E-state index contributed by atoms with van der Waals surface area (Å²) < 4.78 is 5.46. The van der Waals surface area contributed by atoms with Gasteiger partial charge >= 0.3 is 0 Å². The molecule has 1 saturated carbocycles. The molecule has 0 unspecified atom stereocenters. The van der Waals surface area contributed by atoms with E-state index in [1.807, 2.05) is 4.90 Å².